The summed E-state index contributed by atoms with van der Waals surface area (Å²) in [7, 11) is 1.43. The summed E-state index contributed by atoms with van der Waals surface area (Å²) in [6, 6.07) is 18.5. The molecule has 1 amide bonds. The fourth-order valence-electron chi connectivity index (χ4n) is 3.31. The molecule has 2 heterocycles. The van der Waals surface area contributed by atoms with Crippen LogP contribution < -0.4 is 21.9 Å². The van der Waals surface area contributed by atoms with Gasteiger partial charge in [0.25, 0.3) is 11.5 Å². The van der Waals surface area contributed by atoms with Gasteiger partial charge in [0, 0.05) is 11.9 Å². The fraction of sp³-hybridized carbons (Fsp3) is 0.0870. The molecule has 162 valence electrons. The van der Waals surface area contributed by atoms with Crippen LogP contribution in [0, 0.1) is 5.82 Å². The number of carbonyl (C=O) groups is 1. The number of amides is 1. The van der Waals surface area contributed by atoms with Gasteiger partial charge in [0.15, 0.2) is 5.69 Å². The number of H-pyrrole nitrogens is 1. The molecule has 0 unspecified atom stereocenters. The van der Waals surface area contributed by atoms with Crippen molar-refractivity contribution in [2.75, 3.05) is 17.7 Å². The monoisotopic (exact) mass is 450 g/mol. The van der Waals surface area contributed by atoms with Crippen LogP contribution in [0.1, 0.15) is 15.2 Å². The van der Waals surface area contributed by atoms with Crippen LogP contribution in [-0.2, 0) is 6.54 Å². The molecule has 9 heteroatoms. The number of anilines is 2. The van der Waals surface area contributed by atoms with E-state index in [1.165, 1.54) is 35.1 Å². The van der Waals surface area contributed by atoms with Crippen molar-refractivity contribution in [1.29, 1.82) is 0 Å². The van der Waals surface area contributed by atoms with E-state index in [1.54, 1.807) is 24.3 Å². The minimum atomic E-state index is -0.747. The fourth-order valence-corrected chi connectivity index (χ4v) is 4.30. The molecule has 3 N–H and O–H groups in total. The van der Waals surface area contributed by atoms with E-state index < -0.39 is 17.2 Å². The molecular formula is C23H19FN4O3S. The minimum absolute atomic E-state index is 0.103. The number of aromatic nitrogens is 2. The summed E-state index contributed by atoms with van der Waals surface area (Å²) >= 11 is 1.21. The van der Waals surface area contributed by atoms with E-state index in [-0.39, 0.29) is 23.9 Å². The van der Waals surface area contributed by atoms with Crippen molar-refractivity contribution in [1.82, 2.24) is 9.55 Å². The first kappa shape index (κ1) is 21.3. The van der Waals surface area contributed by atoms with Gasteiger partial charge in [-0.15, -0.1) is 11.3 Å². The molecule has 2 aromatic carbocycles. The molecule has 0 saturated carbocycles. The number of nitrogens with two attached hydrogens (primary N) is 1. The molecule has 7 nitrogen and oxygen atoms in total. The van der Waals surface area contributed by atoms with Gasteiger partial charge >= 0.3 is 5.69 Å². The van der Waals surface area contributed by atoms with Crippen LogP contribution >= 0.6 is 11.3 Å². The molecule has 4 rings (SSSR count). The molecule has 0 fully saturated rings. The molecule has 0 saturated heterocycles. The average molecular weight is 450 g/mol. The molecule has 0 bridgehead atoms. The molecule has 4 aromatic rings. The number of carbonyl (C=O) groups excluding carboxylic acids is 1. The van der Waals surface area contributed by atoms with Crippen molar-refractivity contribution >= 4 is 28.7 Å². The Balaban J connectivity index is 1.67. The Labute approximate surface area is 186 Å². The largest absolute Gasteiger partial charge is 0.383 e. The summed E-state index contributed by atoms with van der Waals surface area (Å²) in [6.45, 7) is 0.144. The normalized spacial score (nSPS) is 10.8. The van der Waals surface area contributed by atoms with E-state index in [1.807, 2.05) is 30.3 Å². The topological polar surface area (TPSA) is 101 Å². The zero-order valence-electron chi connectivity index (χ0n) is 17.0. The lowest BCUT2D eigenvalue weighted by Crippen LogP contribution is -2.39. The maximum atomic E-state index is 13.2. The molecule has 0 radical (unpaired) electrons. The zero-order valence-corrected chi connectivity index (χ0v) is 17.9. The van der Waals surface area contributed by atoms with E-state index in [0.29, 0.717) is 4.88 Å². The first-order chi connectivity index (χ1) is 15.3. The van der Waals surface area contributed by atoms with Crippen LogP contribution in [0.2, 0.25) is 0 Å². The highest BCUT2D eigenvalue weighted by Crippen LogP contribution is 2.30. The number of hydrogen-bond acceptors (Lipinski definition) is 5. The molecular weight excluding hydrogens is 431 g/mol. The Morgan fingerprint density at radius 2 is 1.75 bits per heavy atom. The number of hydrogen-bond donors (Lipinski definition) is 2. The van der Waals surface area contributed by atoms with Gasteiger partial charge in [-0.2, -0.15) is 0 Å². The van der Waals surface area contributed by atoms with Gasteiger partial charge in [-0.3, -0.25) is 19.1 Å². The highest BCUT2D eigenvalue weighted by atomic mass is 32.1. The number of nitrogens with one attached hydrogen (secondary N) is 1. The smallest absolute Gasteiger partial charge is 0.330 e. The van der Waals surface area contributed by atoms with Crippen molar-refractivity contribution < 1.29 is 9.18 Å². The summed E-state index contributed by atoms with van der Waals surface area (Å²) in [5.41, 5.74) is 6.25. The number of aromatic amines is 1. The highest BCUT2D eigenvalue weighted by Gasteiger charge is 2.23. The summed E-state index contributed by atoms with van der Waals surface area (Å²) in [4.78, 5) is 42.5. The number of rotatable bonds is 5. The van der Waals surface area contributed by atoms with Gasteiger partial charge in [0.1, 0.15) is 11.6 Å². The standard InChI is InChI=1S/C23H19FN4O3S/c1-27(22(30)18-12-11-17(32-18)15-7-9-16(24)10-8-15)19-20(25)28(23(31)26-21(19)29)13-14-5-3-2-4-6-14/h2-12H,13,25H2,1H3,(H,26,29,31). The van der Waals surface area contributed by atoms with Gasteiger partial charge in [-0.25, -0.2) is 9.18 Å². The maximum absolute atomic E-state index is 13.2. The predicted octanol–water partition coefficient (Wildman–Crippen LogP) is 3.31. The van der Waals surface area contributed by atoms with Crippen LogP contribution in [-0.4, -0.2) is 22.5 Å². The van der Waals surface area contributed by atoms with Crippen molar-refractivity contribution in [3.05, 3.63) is 104 Å². The van der Waals surface area contributed by atoms with E-state index in [9.17, 15) is 18.8 Å². The van der Waals surface area contributed by atoms with E-state index in [0.717, 1.165) is 20.9 Å². The van der Waals surface area contributed by atoms with E-state index in [2.05, 4.69) is 4.98 Å². The average Bonchev–Trinajstić information content (AvgIpc) is 3.27. The van der Waals surface area contributed by atoms with Gasteiger partial charge in [0.2, 0.25) is 0 Å². The summed E-state index contributed by atoms with van der Waals surface area (Å²) in [5.74, 6) is -0.902. The second-order valence-electron chi connectivity index (χ2n) is 7.10. The second kappa shape index (κ2) is 8.64. The summed E-state index contributed by atoms with van der Waals surface area (Å²) in [6.07, 6.45) is 0. The van der Waals surface area contributed by atoms with Crippen LogP contribution in [0.5, 0.6) is 0 Å². The van der Waals surface area contributed by atoms with Crippen molar-refractivity contribution in [3.63, 3.8) is 0 Å². The first-order valence-electron chi connectivity index (χ1n) is 9.65. The number of nitrogen functional groups attached to an aromatic ring is 1. The molecule has 0 spiro atoms. The Morgan fingerprint density at radius 1 is 1.06 bits per heavy atom. The lowest BCUT2D eigenvalue weighted by atomic mass is 10.2. The van der Waals surface area contributed by atoms with E-state index >= 15 is 0 Å². The second-order valence-corrected chi connectivity index (χ2v) is 8.18. The quantitative estimate of drug-likeness (QED) is 0.487. The van der Waals surface area contributed by atoms with Crippen LogP contribution in [0.3, 0.4) is 0 Å². The zero-order chi connectivity index (χ0) is 22.8. The maximum Gasteiger partial charge on any atom is 0.330 e. The number of benzene rings is 2. The minimum Gasteiger partial charge on any atom is -0.383 e. The molecule has 0 aliphatic heterocycles. The Morgan fingerprint density at radius 3 is 2.44 bits per heavy atom. The van der Waals surface area contributed by atoms with Gasteiger partial charge in [0.05, 0.1) is 11.4 Å². The lowest BCUT2D eigenvalue weighted by molar-refractivity contribution is 0.0996. The molecule has 0 atom stereocenters. The Bertz CT molecular complexity index is 1390. The van der Waals surface area contributed by atoms with E-state index in [4.69, 9.17) is 5.73 Å². The third-order valence-electron chi connectivity index (χ3n) is 4.98. The summed E-state index contributed by atoms with van der Waals surface area (Å²) < 4.78 is 14.4. The molecule has 0 aliphatic rings. The van der Waals surface area contributed by atoms with Crippen LogP contribution in [0.4, 0.5) is 15.9 Å². The third kappa shape index (κ3) is 4.10. The summed E-state index contributed by atoms with van der Waals surface area (Å²) in [5, 5.41) is 0. The molecule has 32 heavy (non-hydrogen) atoms. The van der Waals surface area contributed by atoms with Crippen LogP contribution in [0.25, 0.3) is 10.4 Å². The SMILES string of the molecule is CN(C(=O)c1ccc(-c2ccc(F)cc2)s1)c1c(N)n(Cc2ccccc2)c(=O)[nH]c1=O. The Kier molecular flexibility index (Phi) is 5.74. The van der Waals surface area contributed by atoms with Gasteiger partial charge in [-0.1, -0.05) is 42.5 Å². The van der Waals surface area contributed by atoms with Crippen molar-refractivity contribution in [3.8, 4) is 10.4 Å². The van der Waals surface area contributed by atoms with Crippen molar-refractivity contribution in [2.45, 2.75) is 6.54 Å². The molecule has 2 aromatic heterocycles. The van der Waals surface area contributed by atoms with Crippen LogP contribution in [0.15, 0.2) is 76.3 Å². The predicted molar refractivity (Wildman–Crippen MR) is 124 cm³/mol. The lowest BCUT2D eigenvalue weighted by Gasteiger charge is -2.20. The highest BCUT2D eigenvalue weighted by molar-refractivity contribution is 7.17. The van der Waals surface area contributed by atoms with Gasteiger partial charge < -0.3 is 10.6 Å². The molecule has 0 aliphatic carbocycles. The number of nitrogens with zero attached hydrogens (tertiary/aromatic N) is 2. The Hall–Kier alpha value is -3.98. The first-order valence-corrected chi connectivity index (χ1v) is 10.5. The van der Waals surface area contributed by atoms with Gasteiger partial charge in [-0.05, 0) is 35.4 Å². The third-order valence-corrected chi connectivity index (χ3v) is 6.11. The number of halogens is 1. The van der Waals surface area contributed by atoms with Crippen molar-refractivity contribution in [2.24, 2.45) is 0 Å². The number of thiophene rings is 1.